The van der Waals surface area contributed by atoms with Crippen LogP contribution in [-0.2, 0) is 0 Å². The summed E-state index contributed by atoms with van der Waals surface area (Å²) in [5.41, 5.74) is 1.11. The average Bonchev–Trinajstić information content (AvgIpc) is 2.52. The summed E-state index contributed by atoms with van der Waals surface area (Å²) in [6, 6.07) is 8.00. The van der Waals surface area contributed by atoms with E-state index in [0.29, 0.717) is 13.0 Å². The number of rotatable bonds is 1. The van der Waals surface area contributed by atoms with Crippen LogP contribution in [0, 0.1) is 0 Å². The molecule has 1 atom stereocenters. The number of anilines is 1. The molecule has 0 radical (unpaired) electrons. The SMILES string of the molecule is F[C@H]1CCN(c2cccc(Br)c2)C1. The van der Waals surface area contributed by atoms with Gasteiger partial charge in [-0.3, -0.25) is 0 Å². The van der Waals surface area contributed by atoms with Crippen LogP contribution in [0.25, 0.3) is 0 Å². The zero-order chi connectivity index (χ0) is 9.26. The van der Waals surface area contributed by atoms with Gasteiger partial charge >= 0.3 is 0 Å². The summed E-state index contributed by atoms with van der Waals surface area (Å²) in [5.74, 6) is 0. The van der Waals surface area contributed by atoms with E-state index in [0.717, 1.165) is 16.7 Å². The lowest BCUT2D eigenvalue weighted by Gasteiger charge is -2.17. The third-order valence-corrected chi connectivity index (χ3v) is 2.80. The molecule has 13 heavy (non-hydrogen) atoms. The molecule has 0 aromatic heterocycles. The molecule has 1 nitrogen and oxygen atoms in total. The maximum Gasteiger partial charge on any atom is 0.119 e. The molecule has 1 aromatic rings. The molecule has 0 aliphatic carbocycles. The number of nitrogens with zero attached hydrogens (tertiary/aromatic N) is 1. The van der Waals surface area contributed by atoms with Crippen LogP contribution in [0.5, 0.6) is 0 Å². The van der Waals surface area contributed by atoms with Gasteiger partial charge in [-0.15, -0.1) is 0 Å². The van der Waals surface area contributed by atoms with Gasteiger partial charge in [0.25, 0.3) is 0 Å². The lowest BCUT2D eigenvalue weighted by molar-refractivity contribution is 0.364. The number of benzene rings is 1. The summed E-state index contributed by atoms with van der Waals surface area (Å²) in [6.45, 7) is 1.37. The number of hydrogen-bond donors (Lipinski definition) is 0. The normalized spacial score (nSPS) is 22.3. The second-order valence-corrected chi connectivity index (χ2v) is 4.23. The fraction of sp³-hybridized carbons (Fsp3) is 0.400. The van der Waals surface area contributed by atoms with Gasteiger partial charge in [0, 0.05) is 23.2 Å². The molecule has 0 amide bonds. The van der Waals surface area contributed by atoms with Gasteiger partial charge in [-0.2, -0.15) is 0 Å². The summed E-state index contributed by atoms with van der Waals surface area (Å²) in [6.07, 6.45) is 0.00552. The van der Waals surface area contributed by atoms with Gasteiger partial charge in [0.05, 0.1) is 0 Å². The van der Waals surface area contributed by atoms with E-state index in [1.54, 1.807) is 0 Å². The smallest absolute Gasteiger partial charge is 0.119 e. The van der Waals surface area contributed by atoms with Crippen molar-refractivity contribution >= 4 is 21.6 Å². The first-order valence-electron chi connectivity index (χ1n) is 4.40. The number of alkyl halides is 1. The van der Waals surface area contributed by atoms with Gasteiger partial charge in [0.2, 0.25) is 0 Å². The van der Waals surface area contributed by atoms with E-state index >= 15 is 0 Å². The number of hydrogen-bond acceptors (Lipinski definition) is 1. The highest BCUT2D eigenvalue weighted by Crippen LogP contribution is 2.24. The second-order valence-electron chi connectivity index (χ2n) is 3.31. The Kier molecular flexibility index (Phi) is 2.54. The van der Waals surface area contributed by atoms with Crippen LogP contribution in [0.3, 0.4) is 0 Å². The molecule has 0 bridgehead atoms. The first kappa shape index (κ1) is 9.00. The van der Waals surface area contributed by atoms with Crippen LogP contribution >= 0.6 is 15.9 Å². The Morgan fingerprint density at radius 2 is 2.31 bits per heavy atom. The molecular formula is C10H11BrFN. The molecular weight excluding hydrogens is 233 g/mol. The minimum absolute atomic E-state index is 0.538. The summed E-state index contributed by atoms with van der Waals surface area (Å²) in [4.78, 5) is 2.08. The molecule has 0 spiro atoms. The van der Waals surface area contributed by atoms with E-state index in [1.807, 2.05) is 24.3 Å². The molecule has 0 saturated carbocycles. The summed E-state index contributed by atoms with van der Waals surface area (Å²) >= 11 is 3.40. The molecule has 3 heteroatoms. The standard InChI is InChI=1S/C10H11BrFN/c11-8-2-1-3-10(6-8)13-5-4-9(12)7-13/h1-3,6,9H,4-5,7H2/t9-/m0/s1. The van der Waals surface area contributed by atoms with E-state index in [4.69, 9.17) is 0 Å². The highest BCUT2D eigenvalue weighted by atomic mass is 79.9. The van der Waals surface area contributed by atoms with Crippen molar-refractivity contribution in [1.29, 1.82) is 0 Å². The molecule has 1 aromatic carbocycles. The lowest BCUT2D eigenvalue weighted by Crippen LogP contribution is -2.19. The Balaban J connectivity index is 2.16. The Labute approximate surface area is 85.7 Å². The van der Waals surface area contributed by atoms with Crippen molar-refractivity contribution in [3.05, 3.63) is 28.7 Å². The zero-order valence-electron chi connectivity index (χ0n) is 7.21. The van der Waals surface area contributed by atoms with Crippen LogP contribution in [0.1, 0.15) is 6.42 Å². The maximum absolute atomic E-state index is 12.9. The molecule has 70 valence electrons. The molecule has 1 fully saturated rings. The quantitative estimate of drug-likeness (QED) is 0.734. The van der Waals surface area contributed by atoms with Crippen LogP contribution in [0.4, 0.5) is 10.1 Å². The fourth-order valence-electron chi connectivity index (χ4n) is 1.62. The number of halogens is 2. The van der Waals surface area contributed by atoms with Crippen LogP contribution in [-0.4, -0.2) is 19.3 Å². The summed E-state index contributed by atoms with van der Waals surface area (Å²) in [7, 11) is 0. The van der Waals surface area contributed by atoms with E-state index in [-0.39, 0.29) is 0 Å². The highest BCUT2D eigenvalue weighted by Gasteiger charge is 2.21. The van der Waals surface area contributed by atoms with E-state index in [2.05, 4.69) is 20.8 Å². The van der Waals surface area contributed by atoms with Crippen molar-refractivity contribution in [1.82, 2.24) is 0 Å². The molecule has 1 heterocycles. The zero-order valence-corrected chi connectivity index (χ0v) is 8.80. The summed E-state index contributed by atoms with van der Waals surface area (Å²) < 4.78 is 14.0. The van der Waals surface area contributed by atoms with Crippen molar-refractivity contribution in [3.8, 4) is 0 Å². The molecule has 1 aliphatic rings. The Morgan fingerprint density at radius 1 is 1.46 bits per heavy atom. The van der Waals surface area contributed by atoms with Crippen molar-refractivity contribution in [2.75, 3.05) is 18.0 Å². The van der Waals surface area contributed by atoms with Crippen LogP contribution in [0.2, 0.25) is 0 Å². The summed E-state index contributed by atoms with van der Waals surface area (Å²) in [5, 5.41) is 0. The first-order valence-corrected chi connectivity index (χ1v) is 5.19. The van der Waals surface area contributed by atoms with Gasteiger partial charge in [-0.05, 0) is 24.6 Å². The van der Waals surface area contributed by atoms with E-state index in [1.165, 1.54) is 0 Å². The largest absolute Gasteiger partial charge is 0.368 e. The molecule has 1 aliphatic heterocycles. The Bertz CT molecular complexity index is 303. The molecule has 0 unspecified atom stereocenters. The molecule has 0 N–H and O–H groups in total. The minimum atomic E-state index is -0.654. The topological polar surface area (TPSA) is 3.24 Å². The maximum atomic E-state index is 12.9. The molecule has 1 saturated heterocycles. The third kappa shape index (κ3) is 2.02. The monoisotopic (exact) mass is 243 g/mol. The second kappa shape index (κ2) is 3.66. The van der Waals surface area contributed by atoms with Gasteiger partial charge in [0.15, 0.2) is 0 Å². The molecule has 2 rings (SSSR count). The van der Waals surface area contributed by atoms with E-state index < -0.39 is 6.17 Å². The Morgan fingerprint density at radius 3 is 2.92 bits per heavy atom. The van der Waals surface area contributed by atoms with Gasteiger partial charge in [-0.1, -0.05) is 22.0 Å². The predicted octanol–water partition coefficient (Wildman–Crippen LogP) is 3.00. The van der Waals surface area contributed by atoms with Crippen molar-refractivity contribution in [2.45, 2.75) is 12.6 Å². The van der Waals surface area contributed by atoms with Gasteiger partial charge < -0.3 is 4.90 Å². The van der Waals surface area contributed by atoms with Gasteiger partial charge in [-0.25, -0.2) is 4.39 Å². The van der Waals surface area contributed by atoms with Crippen molar-refractivity contribution in [3.63, 3.8) is 0 Å². The first-order chi connectivity index (χ1) is 6.25. The lowest BCUT2D eigenvalue weighted by atomic mass is 10.3. The predicted molar refractivity (Wildman–Crippen MR) is 55.9 cm³/mol. The third-order valence-electron chi connectivity index (χ3n) is 2.30. The Hall–Kier alpha value is -0.570. The van der Waals surface area contributed by atoms with Crippen LogP contribution in [0.15, 0.2) is 28.7 Å². The van der Waals surface area contributed by atoms with Gasteiger partial charge in [0.1, 0.15) is 6.17 Å². The van der Waals surface area contributed by atoms with E-state index in [9.17, 15) is 4.39 Å². The van der Waals surface area contributed by atoms with Crippen LogP contribution < -0.4 is 4.90 Å². The minimum Gasteiger partial charge on any atom is -0.368 e. The fourth-order valence-corrected chi connectivity index (χ4v) is 2.01. The van der Waals surface area contributed by atoms with Crippen molar-refractivity contribution < 1.29 is 4.39 Å². The average molecular weight is 244 g/mol. The highest BCUT2D eigenvalue weighted by molar-refractivity contribution is 9.10. The van der Waals surface area contributed by atoms with Crippen molar-refractivity contribution in [2.24, 2.45) is 0 Å².